The first-order chi connectivity index (χ1) is 14.4. The minimum atomic E-state index is 0.256. The number of hydrogen-bond donors (Lipinski definition) is 2. The second kappa shape index (κ2) is 9.40. The maximum absolute atomic E-state index is 10.3. The summed E-state index contributed by atoms with van der Waals surface area (Å²) in [5.74, 6) is 0.513. The Balaban J connectivity index is 1.86. The molecule has 4 heteroatoms. The Kier molecular flexibility index (Phi) is 6.68. The number of benzene rings is 3. The predicted molar refractivity (Wildman–Crippen MR) is 125 cm³/mol. The quantitative estimate of drug-likeness (QED) is 0.474. The second-order valence-corrected chi connectivity index (χ2v) is 7.44. The van der Waals surface area contributed by atoms with Gasteiger partial charge in [-0.05, 0) is 79.3 Å². The summed E-state index contributed by atoms with van der Waals surface area (Å²) in [6, 6.07) is 15.4. The third kappa shape index (κ3) is 4.95. The van der Waals surface area contributed by atoms with Crippen LogP contribution in [0.25, 0.3) is 0 Å². The van der Waals surface area contributed by atoms with Crippen molar-refractivity contribution in [2.45, 2.75) is 40.5 Å². The molecule has 154 valence electrons. The number of phenolic OH excluding ortho intramolecular Hbond substituents is 2. The van der Waals surface area contributed by atoms with Crippen molar-refractivity contribution in [3.05, 3.63) is 81.9 Å². The number of hydrogen-bond acceptors (Lipinski definition) is 4. The van der Waals surface area contributed by atoms with Gasteiger partial charge in [0.1, 0.15) is 11.5 Å². The van der Waals surface area contributed by atoms with Crippen molar-refractivity contribution in [3.63, 3.8) is 0 Å². The van der Waals surface area contributed by atoms with Crippen LogP contribution < -0.4 is 0 Å². The highest BCUT2D eigenvalue weighted by molar-refractivity contribution is 5.88. The molecule has 3 aromatic carbocycles. The highest BCUT2D eigenvalue weighted by Crippen LogP contribution is 2.26. The lowest BCUT2D eigenvalue weighted by Gasteiger charge is -2.07. The molecule has 0 bridgehead atoms. The summed E-state index contributed by atoms with van der Waals surface area (Å²) in [6.45, 7) is 7.96. The number of phenols is 2. The Labute approximate surface area is 178 Å². The highest BCUT2D eigenvalue weighted by Gasteiger charge is 2.06. The van der Waals surface area contributed by atoms with Gasteiger partial charge in [-0.1, -0.05) is 32.0 Å². The lowest BCUT2D eigenvalue weighted by molar-refractivity contribution is 0.469. The molecule has 0 heterocycles. The van der Waals surface area contributed by atoms with Crippen LogP contribution in [-0.2, 0) is 12.8 Å². The molecule has 30 heavy (non-hydrogen) atoms. The lowest BCUT2D eigenvalue weighted by Crippen LogP contribution is -1.90. The third-order valence-electron chi connectivity index (χ3n) is 5.13. The van der Waals surface area contributed by atoms with Gasteiger partial charge < -0.3 is 10.2 Å². The van der Waals surface area contributed by atoms with Gasteiger partial charge in [-0.25, -0.2) is 0 Å². The number of aryl methyl sites for hydroxylation is 4. The molecule has 3 rings (SSSR count). The average molecular weight is 401 g/mol. The van der Waals surface area contributed by atoms with Crippen molar-refractivity contribution in [3.8, 4) is 11.5 Å². The summed E-state index contributed by atoms with van der Waals surface area (Å²) in [7, 11) is 0. The van der Waals surface area contributed by atoms with Crippen molar-refractivity contribution in [2.24, 2.45) is 9.98 Å². The highest BCUT2D eigenvalue weighted by atomic mass is 16.3. The molecule has 0 aliphatic heterocycles. The van der Waals surface area contributed by atoms with Gasteiger partial charge in [0.25, 0.3) is 0 Å². The normalized spacial score (nSPS) is 11.6. The molecule has 0 aromatic heterocycles. The van der Waals surface area contributed by atoms with E-state index >= 15 is 0 Å². The molecule has 0 aliphatic carbocycles. The lowest BCUT2D eigenvalue weighted by atomic mass is 10.0. The Morgan fingerprint density at radius 1 is 0.700 bits per heavy atom. The fourth-order valence-corrected chi connectivity index (χ4v) is 3.31. The first-order valence-electron chi connectivity index (χ1n) is 10.2. The van der Waals surface area contributed by atoms with Gasteiger partial charge in [0.15, 0.2) is 0 Å². The number of aliphatic imine (C=N–C) groups is 2. The minimum Gasteiger partial charge on any atom is -0.507 e. The van der Waals surface area contributed by atoms with Crippen LogP contribution in [0.4, 0.5) is 11.4 Å². The van der Waals surface area contributed by atoms with Gasteiger partial charge >= 0.3 is 0 Å². The van der Waals surface area contributed by atoms with E-state index in [0.717, 1.165) is 46.5 Å². The SMILES string of the molecule is CCc1cc(C)c(O)c(C=Nc2cccc(N=Cc3cc(CC)cc(C)c3O)c2)c1. The van der Waals surface area contributed by atoms with Crippen LogP contribution >= 0.6 is 0 Å². The smallest absolute Gasteiger partial charge is 0.127 e. The topological polar surface area (TPSA) is 65.2 Å². The van der Waals surface area contributed by atoms with E-state index in [9.17, 15) is 10.2 Å². The number of nitrogens with zero attached hydrogens (tertiary/aromatic N) is 2. The van der Waals surface area contributed by atoms with Crippen LogP contribution in [0.2, 0.25) is 0 Å². The first-order valence-corrected chi connectivity index (χ1v) is 10.2. The fourth-order valence-electron chi connectivity index (χ4n) is 3.31. The monoisotopic (exact) mass is 400 g/mol. The van der Waals surface area contributed by atoms with Gasteiger partial charge in [0.05, 0.1) is 11.4 Å². The molecular weight excluding hydrogens is 372 g/mol. The van der Waals surface area contributed by atoms with Crippen LogP contribution in [0.5, 0.6) is 11.5 Å². The van der Waals surface area contributed by atoms with Gasteiger partial charge in [-0.3, -0.25) is 9.98 Å². The molecule has 0 spiro atoms. The zero-order valence-electron chi connectivity index (χ0n) is 18.0. The van der Waals surface area contributed by atoms with Crippen molar-refractivity contribution in [2.75, 3.05) is 0 Å². The van der Waals surface area contributed by atoms with Crippen LogP contribution in [0.3, 0.4) is 0 Å². The maximum Gasteiger partial charge on any atom is 0.127 e. The zero-order valence-corrected chi connectivity index (χ0v) is 18.0. The van der Waals surface area contributed by atoms with Crippen molar-refractivity contribution >= 4 is 23.8 Å². The Morgan fingerprint density at radius 3 is 1.53 bits per heavy atom. The van der Waals surface area contributed by atoms with E-state index in [1.807, 2.05) is 62.4 Å². The van der Waals surface area contributed by atoms with Crippen LogP contribution in [-0.4, -0.2) is 22.6 Å². The fraction of sp³-hybridized carbons (Fsp3) is 0.231. The molecule has 0 amide bonds. The summed E-state index contributed by atoms with van der Waals surface area (Å²) in [5, 5.41) is 20.6. The molecule has 0 saturated carbocycles. The third-order valence-corrected chi connectivity index (χ3v) is 5.13. The van der Waals surface area contributed by atoms with Crippen LogP contribution in [0.15, 0.2) is 58.5 Å². The minimum absolute atomic E-state index is 0.256. The van der Waals surface area contributed by atoms with E-state index in [4.69, 9.17) is 0 Å². The number of rotatable bonds is 6. The van der Waals surface area contributed by atoms with Crippen molar-refractivity contribution in [1.82, 2.24) is 0 Å². The molecule has 0 saturated heterocycles. The molecule has 3 aromatic rings. The molecule has 0 radical (unpaired) electrons. The van der Waals surface area contributed by atoms with E-state index in [-0.39, 0.29) is 11.5 Å². The molecule has 4 nitrogen and oxygen atoms in total. The van der Waals surface area contributed by atoms with E-state index in [1.54, 1.807) is 12.4 Å². The molecule has 0 atom stereocenters. The molecule has 2 N–H and O–H groups in total. The van der Waals surface area contributed by atoms with Gasteiger partial charge in [0.2, 0.25) is 0 Å². The summed E-state index contributed by atoms with van der Waals surface area (Å²) < 4.78 is 0. The number of aromatic hydroxyl groups is 2. The molecule has 0 unspecified atom stereocenters. The first kappa shape index (κ1) is 21.3. The van der Waals surface area contributed by atoms with E-state index in [0.29, 0.717) is 11.1 Å². The summed E-state index contributed by atoms with van der Waals surface area (Å²) in [5.41, 5.74) is 6.91. The standard InChI is InChI=1S/C26H28N2O2/c1-5-19-10-17(3)25(29)21(12-19)15-27-23-8-7-9-24(14-23)28-16-22-13-20(6-2)11-18(4)26(22)30/h7-16,29-30H,5-6H2,1-4H3. The largest absolute Gasteiger partial charge is 0.507 e. The maximum atomic E-state index is 10.3. The molecule has 0 aliphatic rings. The van der Waals surface area contributed by atoms with Gasteiger partial charge in [0, 0.05) is 23.6 Å². The Bertz CT molecular complexity index is 1030. The van der Waals surface area contributed by atoms with Crippen LogP contribution in [0, 0.1) is 13.8 Å². The van der Waals surface area contributed by atoms with Crippen LogP contribution in [0.1, 0.15) is 47.2 Å². The summed E-state index contributed by atoms with van der Waals surface area (Å²) >= 11 is 0. The second-order valence-electron chi connectivity index (χ2n) is 7.44. The Morgan fingerprint density at radius 2 is 1.13 bits per heavy atom. The predicted octanol–water partition coefficient (Wildman–Crippen LogP) is 6.34. The van der Waals surface area contributed by atoms with E-state index in [2.05, 4.69) is 23.8 Å². The summed E-state index contributed by atoms with van der Waals surface area (Å²) in [4.78, 5) is 9.04. The zero-order chi connectivity index (χ0) is 21.7. The van der Waals surface area contributed by atoms with E-state index < -0.39 is 0 Å². The van der Waals surface area contributed by atoms with Crippen molar-refractivity contribution < 1.29 is 10.2 Å². The van der Waals surface area contributed by atoms with Crippen molar-refractivity contribution in [1.29, 1.82) is 0 Å². The Hall–Kier alpha value is -3.40. The van der Waals surface area contributed by atoms with E-state index in [1.165, 1.54) is 0 Å². The van der Waals surface area contributed by atoms with Gasteiger partial charge in [-0.15, -0.1) is 0 Å². The molecular formula is C26H28N2O2. The average Bonchev–Trinajstić information content (AvgIpc) is 2.75. The van der Waals surface area contributed by atoms with Gasteiger partial charge in [-0.2, -0.15) is 0 Å². The molecule has 0 fully saturated rings. The summed E-state index contributed by atoms with van der Waals surface area (Å²) in [6.07, 6.45) is 5.17.